The van der Waals surface area contributed by atoms with Crippen LogP contribution in [0.15, 0.2) is 36.4 Å². The number of carbonyl (C=O) groups excluding carboxylic acids is 1. The van der Waals surface area contributed by atoms with Crippen LogP contribution in [0.5, 0.6) is 0 Å². The fourth-order valence-electron chi connectivity index (χ4n) is 1.75. The van der Waals surface area contributed by atoms with E-state index in [1.165, 1.54) is 0 Å². The van der Waals surface area contributed by atoms with Crippen LogP contribution >= 0.6 is 0 Å². The summed E-state index contributed by atoms with van der Waals surface area (Å²) in [6.45, 7) is 9.93. The molecular formula is C15H22O2Si. The van der Waals surface area contributed by atoms with Gasteiger partial charge in [-0.3, -0.25) is 4.79 Å². The highest BCUT2D eigenvalue weighted by Crippen LogP contribution is 2.19. The van der Waals surface area contributed by atoms with Crippen molar-refractivity contribution in [3.63, 3.8) is 0 Å². The second-order valence-electron chi connectivity index (χ2n) is 5.83. The molecule has 0 spiro atoms. The lowest BCUT2D eigenvalue weighted by molar-refractivity contribution is -0.127. The van der Waals surface area contributed by atoms with Crippen molar-refractivity contribution in [1.82, 2.24) is 0 Å². The summed E-state index contributed by atoms with van der Waals surface area (Å²) >= 11 is 0. The Bertz CT molecular complexity index is 428. The third kappa shape index (κ3) is 4.98. The average molecular weight is 262 g/mol. The smallest absolute Gasteiger partial charge is 0.185 e. The van der Waals surface area contributed by atoms with Crippen LogP contribution < -0.4 is 0 Å². The van der Waals surface area contributed by atoms with Crippen LogP contribution in [0.2, 0.25) is 19.6 Å². The third-order valence-corrected chi connectivity index (χ3v) is 3.50. The fraction of sp³-hybridized carbons (Fsp3) is 0.400. The third-order valence-electron chi connectivity index (χ3n) is 2.38. The van der Waals surface area contributed by atoms with Gasteiger partial charge in [-0.05, 0) is 45.1 Å². The van der Waals surface area contributed by atoms with Gasteiger partial charge in [0.25, 0.3) is 0 Å². The second kappa shape index (κ2) is 5.63. The second-order valence-corrected chi connectivity index (χ2v) is 10.3. The zero-order chi connectivity index (χ0) is 13.8. The normalized spacial score (nSPS) is 12.9. The van der Waals surface area contributed by atoms with Crippen molar-refractivity contribution in [2.75, 3.05) is 0 Å². The summed E-state index contributed by atoms with van der Waals surface area (Å²) in [6.07, 6.45) is 3.44. The average Bonchev–Trinajstić information content (AvgIpc) is 2.24. The first-order valence-electron chi connectivity index (χ1n) is 6.18. The molecule has 0 heterocycles. The van der Waals surface area contributed by atoms with Crippen molar-refractivity contribution >= 4 is 20.2 Å². The van der Waals surface area contributed by atoms with Crippen LogP contribution in [0.25, 0.3) is 6.08 Å². The van der Waals surface area contributed by atoms with Gasteiger partial charge in [0.1, 0.15) is 5.60 Å². The van der Waals surface area contributed by atoms with Gasteiger partial charge in [-0.15, -0.1) is 0 Å². The molecule has 3 heteroatoms. The van der Waals surface area contributed by atoms with Crippen LogP contribution in [0.4, 0.5) is 0 Å². The summed E-state index contributed by atoms with van der Waals surface area (Å²) in [5.74, 6) is 0.00813. The zero-order valence-corrected chi connectivity index (χ0v) is 12.9. The van der Waals surface area contributed by atoms with Gasteiger partial charge in [0.05, 0.1) is 0 Å². The fourth-order valence-corrected chi connectivity index (χ4v) is 3.38. The first-order chi connectivity index (χ1) is 8.21. The monoisotopic (exact) mass is 262 g/mol. The van der Waals surface area contributed by atoms with Gasteiger partial charge in [-0.1, -0.05) is 36.4 Å². The molecule has 0 aromatic heterocycles. The Morgan fingerprint density at radius 1 is 1.17 bits per heavy atom. The van der Waals surface area contributed by atoms with E-state index in [0.717, 1.165) is 5.56 Å². The van der Waals surface area contributed by atoms with Gasteiger partial charge < -0.3 is 4.43 Å². The lowest BCUT2D eigenvalue weighted by atomic mass is 10.0. The highest BCUT2D eigenvalue weighted by molar-refractivity contribution is 6.70. The summed E-state index contributed by atoms with van der Waals surface area (Å²) in [7, 11) is -1.72. The van der Waals surface area contributed by atoms with Gasteiger partial charge in [0.2, 0.25) is 0 Å². The summed E-state index contributed by atoms with van der Waals surface area (Å²) in [6, 6.07) is 9.80. The highest BCUT2D eigenvalue weighted by Gasteiger charge is 2.32. The van der Waals surface area contributed by atoms with Crippen LogP contribution in [-0.4, -0.2) is 19.7 Å². The molecule has 18 heavy (non-hydrogen) atoms. The number of benzene rings is 1. The molecule has 0 aliphatic carbocycles. The topological polar surface area (TPSA) is 26.3 Å². The Balaban J connectivity index is 2.73. The molecule has 0 fully saturated rings. The Labute approximate surface area is 111 Å². The van der Waals surface area contributed by atoms with Crippen LogP contribution in [0, 0.1) is 0 Å². The lowest BCUT2D eigenvalue weighted by Crippen LogP contribution is -2.43. The molecule has 2 nitrogen and oxygen atoms in total. The standard InChI is InChI=1S/C15H22O2Si/c1-15(2,17-18(3,4)5)14(16)12-11-13-9-7-6-8-10-13/h6-12H,1-5H3/b12-11+. The van der Waals surface area contributed by atoms with Gasteiger partial charge in [-0.2, -0.15) is 0 Å². The van der Waals surface area contributed by atoms with Crippen molar-refractivity contribution in [3.8, 4) is 0 Å². The Morgan fingerprint density at radius 3 is 2.22 bits per heavy atom. The van der Waals surface area contributed by atoms with Gasteiger partial charge in [-0.25, -0.2) is 0 Å². The molecule has 1 rings (SSSR count). The molecule has 0 aliphatic rings. The number of ketones is 1. The first kappa shape index (κ1) is 14.9. The predicted molar refractivity (Wildman–Crippen MR) is 79.0 cm³/mol. The Kier molecular flexibility index (Phi) is 4.65. The molecule has 0 amide bonds. The van der Waals surface area contributed by atoms with E-state index in [2.05, 4.69) is 19.6 Å². The number of hydrogen-bond donors (Lipinski definition) is 0. The lowest BCUT2D eigenvalue weighted by Gasteiger charge is -2.30. The molecule has 0 aliphatic heterocycles. The maximum atomic E-state index is 12.1. The molecule has 0 saturated carbocycles. The summed E-state index contributed by atoms with van der Waals surface area (Å²) in [4.78, 5) is 12.1. The summed E-state index contributed by atoms with van der Waals surface area (Å²) < 4.78 is 5.91. The molecular weight excluding hydrogens is 240 g/mol. The van der Waals surface area contributed by atoms with Crippen molar-refractivity contribution in [2.45, 2.75) is 39.1 Å². The number of carbonyl (C=O) groups is 1. The maximum absolute atomic E-state index is 12.1. The SMILES string of the molecule is CC(C)(O[Si](C)(C)C)C(=O)/C=C/c1ccccc1. The molecule has 1 aromatic rings. The van der Waals surface area contributed by atoms with Gasteiger partial charge in [0, 0.05) is 0 Å². The molecule has 1 aromatic carbocycles. The summed E-state index contributed by atoms with van der Waals surface area (Å²) in [5, 5.41) is 0. The summed E-state index contributed by atoms with van der Waals surface area (Å²) in [5.41, 5.74) is 0.283. The van der Waals surface area contributed by atoms with E-state index in [1.807, 2.05) is 50.3 Å². The Hall–Kier alpha value is -1.19. The maximum Gasteiger partial charge on any atom is 0.185 e. The van der Waals surface area contributed by atoms with E-state index in [1.54, 1.807) is 6.08 Å². The van der Waals surface area contributed by atoms with Crippen molar-refractivity contribution in [1.29, 1.82) is 0 Å². The highest BCUT2D eigenvalue weighted by atomic mass is 28.4. The van der Waals surface area contributed by atoms with Crippen LogP contribution in [-0.2, 0) is 9.22 Å². The van der Waals surface area contributed by atoms with Crippen LogP contribution in [0.3, 0.4) is 0 Å². The Morgan fingerprint density at radius 2 is 1.72 bits per heavy atom. The van der Waals surface area contributed by atoms with Crippen LogP contribution in [0.1, 0.15) is 19.4 Å². The minimum atomic E-state index is -1.72. The molecule has 0 unspecified atom stereocenters. The number of hydrogen-bond acceptors (Lipinski definition) is 2. The minimum Gasteiger partial charge on any atom is -0.405 e. The van der Waals surface area contributed by atoms with E-state index in [4.69, 9.17) is 4.43 Å². The molecule has 98 valence electrons. The molecule has 0 bridgehead atoms. The zero-order valence-electron chi connectivity index (χ0n) is 11.9. The van der Waals surface area contributed by atoms with Crippen molar-refractivity contribution in [3.05, 3.63) is 42.0 Å². The van der Waals surface area contributed by atoms with Gasteiger partial charge >= 0.3 is 0 Å². The predicted octanol–water partition coefficient (Wildman–Crippen LogP) is 3.90. The quantitative estimate of drug-likeness (QED) is 0.594. The molecule has 0 atom stereocenters. The number of rotatable bonds is 5. The van der Waals surface area contributed by atoms with E-state index >= 15 is 0 Å². The van der Waals surface area contributed by atoms with E-state index in [9.17, 15) is 4.79 Å². The van der Waals surface area contributed by atoms with E-state index < -0.39 is 13.9 Å². The van der Waals surface area contributed by atoms with Crippen molar-refractivity contribution in [2.24, 2.45) is 0 Å². The van der Waals surface area contributed by atoms with Gasteiger partial charge in [0.15, 0.2) is 14.1 Å². The van der Waals surface area contributed by atoms with E-state index in [0.29, 0.717) is 0 Å². The minimum absolute atomic E-state index is 0.00813. The molecule has 0 N–H and O–H groups in total. The first-order valence-corrected chi connectivity index (χ1v) is 9.59. The van der Waals surface area contributed by atoms with Crippen molar-refractivity contribution < 1.29 is 9.22 Å². The van der Waals surface area contributed by atoms with E-state index in [-0.39, 0.29) is 5.78 Å². The molecule has 0 saturated heterocycles. The largest absolute Gasteiger partial charge is 0.405 e. The molecule has 0 radical (unpaired) electrons.